The normalized spacial score (nSPS) is 12.4. The highest BCUT2D eigenvalue weighted by atomic mass is 16.6. The second-order valence-electron chi connectivity index (χ2n) is 17.4. The summed E-state index contributed by atoms with van der Waals surface area (Å²) in [5, 5.41) is 0. The van der Waals surface area contributed by atoms with Crippen molar-refractivity contribution in [1.82, 2.24) is 0 Å². The number of esters is 3. The van der Waals surface area contributed by atoms with Gasteiger partial charge in [0.25, 0.3) is 0 Å². The molecule has 0 N–H and O–H groups in total. The van der Waals surface area contributed by atoms with E-state index in [1.165, 1.54) is 154 Å². The summed E-state index contributed by atoms with van der Waals surface area (Å²) in [4.78, 5) is 37.9. The smallest absolute Gasteiger partial charge is 0.306 e. The van der Waals surface area contributed by atoms with Gasteiger partial charge >= 0.3 is 17.9 Å². The quantitative estimate of drug-likeness (QED) is 0.0199. The first-order valence-electron chi connectivity index (χ1n) is 26.2. The van der Waals surface area contributed by atoms with Gasteiger partial charge in [-0.25, -0.2) is 0 Å². The van der Waals surface area contributed by atoms with Crippen LogP contribution in [0.15, 0.2) is 48.6 Å². The second-order valence-corrected chi connectivity index (χ2v) is 17.4. The van der Waals surface area contributed by atoms with Gasteiger partial charge in [0.1, 0.15) is 13.2 Å². The Morgan fingerprint density at radius 1 is 0.361 bits per heavy atom. The molecule has 0 rings (SSSR count). The molecule has 0 bridgehead atoms. The lowest BCUT2D eigenvalue weighted by atomic mass is 10.0. The number of rotatable bonds is 47. The summed E-state index contributed by atoms with van der Waals surface area (Å²) in [6.45, 7) is 6.47. The number of carbonyl (C=O) groups is 3. The van der Waals surface area contributed by atoms with Crippen LogP contribution in [0.1, 0.15) is 265 Å². The number of hydrogen-bond donors (Lipinski definition) is 0. The fourth-order valence-corrected chi connectivity index (χ4v) is 7.41. The molecule has 0 saturated heterocycles. The summed E-state index contributed by atoms with van der Waals surface area (Å²) in [6.07, 6.45) is 59.7. The Morgan fingerprint density at radius 3 is 1.15 bits per heavy atom. The van der Waals surface area contributed by atoms with Crippen LogP contribution in [0.4, 0.5) is 0 Å². The topological polar surface area (TPSA) is 78.9 Å². The molecule has 0 heterocycles. The van der Waals surface area contributed by atoms with Crippen molar-refractivity contribution in [2.75, 3.05) is 13.2 Å². The first-order chi connectivity index (χ1) is 30.0. The molecular weight excluding hydrogens is 757 g/mol. The number of hydrogen-bond acceptors (Lipinski definition) is 6. The van der Waals surface area contributed by atoms with Crippen molar-refractivity contribution in [1.29, 1.82) is 0 Å². The highest BCUT2D eigenvalue weighted by Crippen LogP contribution is 2.16. The van der Waals surface area contributed by atoms with E-state index in [-0.39, 0.29) is 31.1 Å². The Hall–Kier alpha value is -2.63. The molecule has 0 aromatic heterocycles. The third-order valence-corrected chi connectivity index (χ3v) is 11.3. The molecule has 1 unspecified atom stereocenters. The maximum Gasteiger partial charge on any atom is 0.306 e. The Bertz CT molecular complexity index is 1070. The molecule has 0 radical (unpaired) electrons. The number of allylic oxidation sites excluding steroid dienone is 8. The average Bonchev–Trinajstić information content (AvgIpc) is 3.26. The van der Waals surface area contributed by atoms with Gasteiger partial charge < -0.3 is 14.2 Å². The van der Waals surface area contributed by atoms with Crippen LogP contribution < -0.4 is 0 Å². The monoisotopic (exact) mass is 855 g/mol. The van der Waals surface area contributed by atoms with Gasteiger partial charge in [0.2, 0.25) is 0 Å². The van der Waals surface area contributed by atoms with Crippen LogP contribution in [0.3, 0.4) is 0 Å². The van der Waals surface area contributed by atoms with Gasteiger partial charge in [0.05, 0.1) is 0 Å². The molecule has 0 aromatic rings. The first-order valence-corrected chi connectivity index (χ1v) is 26.2. The van der Waals surface area contributed by atoms with E-state index in [1.54, 1.807) is 0 Å². The SMILES string of the molecule is CC/C=C\C/C=C\CCCCC(=O)OCC(COC(=O)CCCCCCCCCCCC/C=C\C=C/CCCCC)OC(=O)CCCCCCCCCCCCCCCCC. The minimum atomic E-state index is -0.783. The van der Waals surface area contributed by atoms with E-state index in [4.69, 9.17) is 14.2 Å². The molecule has 6 heteroatoms. The van der Waals surface area contributed by atoms with Gasteiger partial charge in [-0.15, -0.1) is 0 Å². The van der Waals surface area contributed by atoms with Gasteiger partial charge in [0.15, 0.2) is 6.10 Å². The van der Waals surface area contributed by atoms with Crippen LogP contribution in [0, 0.1) is 0 Å². The Balaban J connectivity index is 4.29. The van der Waals surface area contributed by atoms with Crippen molar-refractivity contribution >= 4 is 17.9 Å². The number of carbonyl (C=O) groups excluding carboxylic acids is 3. The highest BCUT2D eigenvalue weighted by molar-refractivity contribution is 5.71. The van der Waals surface area contributed by atoms with E-state index in [0.717, 1.165) is 70.6 Å². The molecule has 0 aromatic carbocycles. The van der Waals surface area contributed by atoms with E-state index in [2.05, 4.69) is 69.4 Å². The first kappa shape index (κ1) is 58.4. The molecule has 0 amide bonds. The lowest BCUT2D eigenvalue weighted by Crippen LogP contribution is -2.30. The largest absolute Gasteiger partial charge is 0.462 e. The molecule has 354 valence electrons. The molecule has 1 atom stereocenters. The van der Waals surface area contributed by atoms with Gasteiger partial charge in [0, 0.05) is 19.3 Å². The molecule has 0 aliphatic rings. The molecule has 6 nitrogen and oxygen atoms in total. The average molecular weight is 855 g/mol. The fraction of sp³-hybridized carbons (Fsp3) is 0.800. The summed E-state index contributed by atoms with van der Waals surface area (Å²) >= 11 is 0. The van der Waals surface area contributed by atoms with Crippen LogP contribution in [0.5, 0.6) is 0 Å². The van der Waals surface area contributed by atoms with E-state index < -0.39 is 6.10 Å². The molecule has 0 aliphatic heterocycles. The molecule has 0 spiro atoms. The van der Waals surface area contributed by atoms with E-state index in [0.29, 0.717) is 19.3 Å². The van der Waals surface area contributed by atoms with Crippen LogP contribution in [0.25, 0.3) is 0 Å². The minimum absolute atomic E-state index is 0.0829. The zero-order chi connectivity index (χ0) is 44.4. The van der Waals surface area contributed by atoms with Gasteiger partial charge in [-0.3, -0.25) is 14.4 Å². The zero-order valence-corrected chi connectivity index (χ0v) is 40.4. The fourth-order valence-electron chi connectivity index (χ4n) is 7.41. The molecule has 0 saturated carbocycles. The summed E-state index contributed by atoms with van der Waals surface area (Å²) in [5.41, 5.74) is 0. The maximum absolute atomic E-state index is 12.8. The predicted octanol–water partition coefficient (Wildman–Crippen LogP) is 17.1. The molecule has 0 aliphatic carbocycles. The third-order valence-electron chi connectivity index (χ3n) is 11.3. The Kier molecular flexibility index (Phi) is 47.9. The summed E-state index contributed by atoms with van der Waals surface area (Å²) in [5.74, 6) is -0.916. The van der Waals surface area contributed by atoms with Gasteiger partial charge in [-0.1, -0.05) is 223 Å². The van der Waals surface area contributed by atoms with Crippen molar-refractivity contribution < 1.29 is 28.6 Å². The van der Waals surface area contributed by atoms with Crippen molar-refractivity contribution in [2.45, 2.75) is 271 Å². The maximum atomic E-state index is 12.8. The zero-order valence-electron chi connectivity index (χ0n) is 40.4. The lowest BCUT2D eigenvalue weighted by molar-refractivity contribution is -0.167. The summed E-state index contributed by atoms with van der Waals surface area (Å²) in [7, 11) is 0. The van der Waals surface area contributed by atoms with E-state index in [1.807, 2.05) is 0 Å². The summed E-state index contributed by atoms with van der Waals surface area (Å²) < 4.78 is 16.7. The minimum Gasteiger partial charge on any atom is -0.462 e. The summed E-state index contributed by atoms with van der Waals surface area (Å²) in [6, 6.07) is 0. The van der Waals surface area contributed by atoms with Crippen LogP contribution in [-0.2, 0) is 28.6 Å². The number of unbranched alkanes of at least 4 members (excludes halogenated alkanes) is 29. The predicted molar refractivity (Wildman–Crippen MR) is 261 cm³/mol. The van der Waals surface area contributed by atoms with Crippen LogP contribution in [0.2, 0.25) is 0 Å². The van der Waals surface area contributed by atoms with Gasteiger partial charge in [-0.05, 0) is 70.6 Å². The lowest BCUT2D eigenvalue weighted by Gasteiger charge is -2.18. The van der Waals surface area contributed by atoms with E-state index in [9.17, 15) is 14.4 Å². The second kappa shape index (κ2) is 50.0. The molecule has 61 heavy (non-hydrogen) atoms. The van der Waals surface area contributed by atoms with Crippen molar-refractivity contribution in [3.8, 4) is 0 Å². The Morgan fingerprint density at radius 2 is 0.689 bits per heavy atom. The third kappa shape index (κ3) is 48.3. The highest BCUT2D eigenvalue weighted by Gasteiger charge is 2.19. The van der Waals surface area contributed by atoms with Crippen molar-refractivity contribution in [3.63, 3.8) is 0 Å². The van der Waals surface area contributed by atoms with Crippen molar-refractivity contribution in [3.05, 3.63) is 48.6 Å². The van der Waals surface area contributed by atoms with E-state index >= 15 is 0 Å². The van der Waals surface area contributed by atoms with Gasteiger partial charge in [-0.2, -0.15) is 0 Å². The standard InChI is InChI=1S/C55H98O6/c1-4-7-10-13-16-19-21-23-25-26-27-28-30-31-33-36-39-42-45-48-54(57)60-51-52(50-59-53(56)47-44-41-38-35-18-15-12-9-6-3)61-55(58)49-46-43-40-37-34-32-29-24-22-20-17-14-11-8-5-2/h9,12,16,18-19,21,23,35,52H,4-8,10-11,13-15,17,20,22,24-34,36-51H2,1-3H3/b12-9-,19-16-,23-21-,35-18-. The molecule has 0 fully saturated rings. The molecular formula is C55H98O6. The van der Waals surface area contributed by atoms with Crippen molar-refractivity contribution in [2.24, 2.45) is 0 Å². The number of ether oxygens (including phenoxy) is 3. The van der Waals surface area contributed by atoms with Crippen LogP contribution in [-0.4, -0.2) is 37.2 Å². The Labute approximate surface area is 378 Å². The van der Waals surface area contributed by atoms with Crippen LogP contribution >= 0.6 is 0 Å².